The molecule has 0 N–H and O–H groups in total. The Hall–Kier alpha value is -2.76. The van der Waals surface area contributed by atoms with Crippen LogP contribution in [0.3, 0.4) is 0 Å². The van der Waals surface area contributed by atoms with E-state index in [-0.39, 0.29) is 23.7 Å². The molecular formula is C23H22BrNO5S. The highest BCUT2D eigenvalue weighted by Gasteiger charge is 2.14. The van der Waals surface area contributed by atoms with Gasteiger partial charge in [0.1, 0.15) is 11.6 Å². The van der Waals surface area contributed by atoms with Crippen LogP contribution in [0.1, 0.15) is 25.0 Å². The highest BCUT2D eigenvalue weighted by Crippen LogP contribution is 2.31. The van der Waals surface area contributed by atoms with Crippen LogP contribution in [0.4, 0.5) is 0 Å². The first-order valence-electron chi connectivity index (χ1n) is 9.53. The van der Waals surface area contributed by atoms with Gasteiger partial charge in [-0.25, -0.2) is 4.79 Å². The molecule has 0 saturated heterocycles. The molecule has 0 aliphatic heterocycles. The van der Waals surface area contributed by atoms with Gasteiger partial charge >= 0.3 is 11.9 Å². The Balaban J connectivity index is 2.15. The highest BCUT2D eigenvalue weighted by atomic mass is 79.9. The molecule has 162 valence electrons. The Morgan fingerprint density at radius 3 is 2.58 bits per heavy atom. The number of halogens is 1. The van der Waals surface area contributed by atoms with Crippen molar-refractivity contribution in [1.82, 2.24) is 0 Å². The van der Waals surface area contributed by atoms with Crippen molar-refractivity contribution in [1.29, 1.82) is 5.26 Å². The molecule has 2 aromatic carbocycles. The van der Waals surface area contributed by atoms with E-state index in [1.54, 1.807) is 32.0 Å². The van der Waals surface area contributed by atoms with E-state index in [0.717, 1.165) is 14.9 Å². The molecule has 6 nitrogen and oxygen atoms in total. The molecule has 0 fully saturated rings. The lowest BCUT2D eigenvalue weighted by Crippen LogP contribution is -2.12. The Labute approximate surface area is 194 Å². The minimum atomic E-state index is -0.696. The summed E-state index contributed by atoms with van der Waals surface area (Å²) in [4.78, 5) is 25.2. The largest absolute Gasteiger partial charge is 0.490 e. The minimum Gasteiger partial charge on any atom is -0.490 e. The molecule has 2 aromatic rings. The normalized spacial score (nSPS) is 10.9. The van der Waals surface area contributed by atoms with Crippen molar-refractivity contribution in [2.75, 3.05) is 19.0 Å². The monoisotopic (exact) mass is 503 g/mol. The number of esters is 2. The van der Waals surface area contributed by atoms with Gasteiger partial charge in [0.15, 0.2) is 11.5 Å². The number of thioether (sulfide) groups is 1. The number of ether oxygens (including phenoxy) is 3. The van der Waals surface area contributed by atoms with Gasteiger partial charge in [0.2, 0.25) is 0 Å². The number of hydrogen-bond donors (Lipinski definition) is 0. The summed E-state index contributed by atoms with van der Waals surface area (Å²) in [6, 6.07) is 12.5. The molecular weight excluding hydrogens is 482 g/mol. The molecule has 0 amide bonds. The van der Waals surface area contributed by atoms with Gasteiger partial charge in [-0.1, -0.05) is 28.1 Å². The van der Waals surface area contributed by atoms with Crippen molar-refractivity contribution in [3.8, 4) is 17.6 Å². The Bertz CT molecular complexity index is 1030. The maximum Gasteiger partial charge on any atom is 0.348 e. The van der Waals surface area contributed by atoms with Gasteiger partial charge in [-0.05, 0) is 62.2 Å². The lowest BCUT2D eigenvalue weighted by molar-refractivity contribution is -0.138. The van der Waals surface area contributed by atoms with Gasteiger partial charge in [0.25, 0.3) is 0 Å². The average molecular weight is 504 g/mol. The van der Waals surface area contributed by atoms with Crippen molar-refractivity contribution >= 4 is 45.7 Å². The molecule has 0 radical (unpaired) electrons. The lowest BCUT2D eigenvalue weighted by atomic mass is 10.1. The summed E-state index contributed by atoms with van der Waals surface area (Å²) in [5.74, 6) is -0.373. The summed E-state index contributed by atoms with van der Waals surface area (Å²) in [7, 11) is 0. The molecule has 0 heterocycles. The molecule has 0 bridgehead atoms. The van der Waals surface area contributed by atoms with Crippen molar-refractivity contribution in [2.45, 2.75) is 25.7 Å². The van der Waals surface area contributed by atoms with Crippen LogP contribution in [0.2, 0.25) is 0 Å². The van der Waals surface area contributed by atoms with Crippen LogP contribution in [0.25, 0.3) is 6.08 Å². The van der Waals surface area contributed by atoms with Crippen molar-refractivity contribution in [3.63, 3.8) is 0 Å². The minimum absolute atomic E-state index is 0.130. The zero-order valence-corrected chi connectivity index (χ0v) is 19.8. The number of rotatable bonds is 9. The topological polar surface area (TPSA) is 85.6 Å². The predicted molar refractivity (Wildman–Crippen MR) is 123 cm³/mol. The fourth-order valence-electron chi connectivity index (χ4n) is 2.50. The van der Waals surface area contributed by atoms with E-state index in [0.29, 0.717) is 17.9 Å². The van der Waals surface area contributed by atoms with Gasteiger partial charge in [-0.15, -0.1) is 11.8 Å². The van der Waals surface area contributed by atoms with Gasteiger partial charge in [0.05, 0.1) is 19.0 Å². The summed E-state index contributed by atoms with van der Waals surface area (Å²) in [5.41, 5.74) is 1.49. The van der Waals surface area contributed by atoms with E-state index in [4.69, 9.17) is 14.2 Å². The summed E-state index contributed by atoms with van der Waals surface area (Å²) < 4.78 is 16.9. The maximum atomic E-state index is 12.4. The Morgan fingerprint density at radius 1 is 1.13 bits per heavy atom. The number of benzene rings is 2. The van der Waals surface area contributed by atoms with E-state index in [9.17, 15) is 14.9 Å². The van der Waals surface area contributed by atoms with Crippen LogP contribution >= 0.6 is 27.7 Å². The van der Waals surface area contributed by atoms with Gasteiger partial charge in [-0.3, -0.25) is 4.79 Å². The highest BCUT2D eigenvalue weighted by molar-refractivity contribution is 9.10. The summed E-state index contributed by atoms with van der Waals surface area (Å²) >= 11 is 4.82. The number of carbonyl (C=O) groups is 2. The number of hydrogen-bond acceptors (Lipinski definition) is 7. The second-order valence-corrected chi connectivity index (χ2v) is 8.13. The fourth-order valence-corrected chi connectivity index (χ4v) is 3.85. The third kappa shape index (κ3) is 7.46. The molecule has 0 spiro atoms. The summed E-state index contributed by atoms with van der Waals surface area (Å²) in [6.07, 6.45) is 1.40. The second kappa shape index (κ2) is 12.2. The first kappa shape index (κ1) is 24.5. The third-order valence-electron chi connectivity index (χ3n) is 3.91. The van der Waals surface area contributed by atoms with Crippen molar-refractivity contribution in [2.24, 2.45) is 0 Å². The van der Waals surface area contributed by atoms with E-state index in [1.165, 1.54) is 17.8 Å². The number of carbonyl (C=O) groups excluding carboxylic acids is 2. The van der Waals surface area contributed by atoms with E-state index in [1.807, 2.05) is 31.2 Å². The Morgan fingerprint density at radius 2 is 1.90 bits per heavy atom. The standard InChI is InChI=1S/C23H22BrNO5S/c1-4-28-20-11-16(10-17(13-25)23(27)29-5-2)7-9-19(20)30-22(26)14-31-21-12-18(24)8-6-15(21)3/h6-12H,4-5,14H2,1-3H3/b17-10+. The molecule has 0 saturated carbocycles. The lowest BCUT2D eigenvalue weighted by Gasteiger charge is -2.12. The Kier molecular flexibility index (Phi) is 9.63. The van der Waals surface area contributed by atoms with E-state index < -0.39 is 11.9 Å². The quantitative estimate of drug-likeness (QED) is 0.150. The van der Waals surface area contributed by atoms with Crippen LogP contribution in [-0.2, 0) is 14.3 Å². The summed E-state index contributed by atoms with van der Waals surface area (Å²) in [5, 5.41) is 9.20. The third-order valence-corrected chi connectivity index (χ3v) is 5.54. The van der Waals surface area contributed by atoms with Crippen LogP contribution < -0.4 is 9.47 Å². The van der Waals surface area contributed by atoms with Gasteiger partial charge in [0, 0.05) is 9.37 Å². The van der Waals surface area contributed by atoms with Crippen molar-refractivity contribution < 1.29 is 23.8 Å². The molecule has 0 aromatic heterocycles. The van der Waals surface area contributed by atoms with Crippen LogP contribution in [0.15, 0.2) is 51.3 Å². The van der Waals surface area contributed by atoms with E-state index in [2.05, 4.69) is 15.9 Å². The molecule has 2 rings (SSSR count). The molecule has 0 aliphatic carbocycles. The van der Waals surface area contributed by atoms with Gasteiger partial charge in [-0.2, -0.15) is 5.26 Å². The smallest absolute Gasteiger partial charge is 0.348 e. The van der Waals surface area contributed by atoms with Crippen LogP contribution in [0.5, 0.6) is 11.5 Å². The molecule has 31 heavy (non-hydrogen) atoms. The van der Waals surface area contributed by atoms with E-state index >= 15 is 0 Å². The van der Waals surface area contributed by atoms with Crippen LogP contribution in [-0.4, -0.2) is 30.9 Å². The first-order valence-corrected chi connectivity index (χ1v) is 11.3. The number of nitriles is 1. The predicted octanol–water partition coefficient (Wildman–Crippen LogP) is 5.32. The van der Waals surface area contributed by atoms with Crippen LogP contribution in [0, 0.1) is 18.3 Å². The zero-order chi connectivity index (χ0) is 22.8. The molecule has 0 atom stereocenters. The number of aryl methyl sites for hydroxylation is 1. The second-order valence-electron chi connectivity index (χ2n) is 6.20. The number of nitrogens with zero attached hydrogens (tertiary/aromatic N) is 1. The molecule has 0 aliphatic rings. The molecule has 0 unspecified atom stereocenters. The zero-order valence-electron chi connectivity index (χ0n) is 17.4. The first-order chi connectivity index (χ1) is 14.9. The van der Waals surface area contributed by atoms with Gasteiger partial charge < -0.3 is 14.2 Å². The molecule has 8 heteroatoms. The maximum absolute atomic E-state index is 12.4. The fraction of sp³-hybridized carbons (Fsp3) is 0.261. The summed E-state index contributed by atoms with van der Waals surface area (Å²) in [6.45, 7) is 5.98. The SMILES string of the molecule is CCOC(=O)/C(C#N)=C/c1ccc(OC(=O)CSc2cc(Br)ccc2C)c(OCC)c1. The van der Waals surface area contributed by atoms with Crippen molar-refractivity contribution in [3.05, 3.63) is 57.6 Å². The average Bonchev–Trinajstić information content (AvgIpc) is 2.74.